The number of carbonyl (C=O) groups is 1. The topological polar surface area (TPSA) is 63.3 Å². The summed E-state index contributed by atoms with van der Waals surface area (Å²) >= 11 is 1.30. The zero-order valence-electron chi connectivity index (χ0n) is 7.70. The normalized spacial score (nSPS) is 10.7. The van der Waals surface area contributed by atoms with Crippen LogP contribution in [0.1, 0.15) is 29.8 Å². The van der Waals surface area contributed by atoms with Gasteiger partial charge in [0.15, 0.2) is 0 Å². The number of hydrogen-bond acceptors (Lipinski definition) is 3. The third kappa shape index (κ3) is 2.21. The molecule has 1 aromatic heterocycles. The van der Waals surface area contributed by atoms with E-state index in [9.17, 15) is 4.79 Å². The Morgan fingerprint density at radius 3 is 2.77 bits per heavy atom. The molecule has 3 N–H and O–H groups in total. The molecule has 1 rings (SSSR count). The van der Waals surface area contributed by atoms with Crippen LogP contribution in [0.25, 0.3) is 0 Å². The van der Waals surface area contributed by atoms with Gasteiger partial charge in [-0.05, 0) is 23.3 Å². The lowest BCUT2D eigenvalue weighted by atomic mass is 10.0. The number of hydrogen-bond donors (Lipinski definition) is 2. The first-order valence-corrected chi connectivity index (χ1v) is 4.99. The van der Waals surface area contributed by atoms with Gasteiger partial charge in [-0.2, -0.15) is 0 Å². The molecule has 0 unspecified atom stereocenters. The Hall–Kier alpha value is -1.03. The van der Waals surface area contributed by atoms with Crippen molar-refractivity contribution in [1.82, 2.24) is 0 Å². The molecule has 0 saturated heterocycles. The summed E-state index contributed by atoms with van der Waals surface area (Å²) < 4.78 is 0. The predicted molar refractivity (Wildman–Crippen MR) is 54.2 cm³/mol. The third-order valence-corrected chi connectivity index (χ3v) is 2.60. The van der Waals surface area contributed by atoms with Crippen molar-refractivity contribution in [2.45, 2.75) is 20.3 Å². The predicted octanol–water partition coefficient (Wildman–Crippen LogP) is 2.23. The first-order chi connectivity index (χ1) is 6.02. The van der Waals surface area contributed by atoms with Crippen molar-refractivity contribution in [3.05, 3.63) is 16.5 Å². The minimum atomic E-state index is -0.922. The molecule has 3 nitrogen and oxygen atoms in total. The standard InChI is InChI=1S/C9H13NO2S/c1-5(2)3-6-4-13-8(10)7(6)9(11)12/h4-5H,3,10H2,1-2H3,(H,11,12). The number of aromatic carboxylic acids is 1. The molecule has 13 heavy (non-hydrogen) atoms. The maximum atomic E-state index is 10.8. The smallest absolute Gasteiger partial charge is 0.338 e. The van der Waals surface area contributed by atoms with Gasteiger partial charge in [-0.15, -0.1) is 11.3 Å². The summed E-state index contributed by atoms with van der Waals surface area (Å²) in [5.74, 6) is -0.471. The molecule has 0 amide bonds. The van der Waals surface area contributed by atoms with Crippen LogP contribution in [0.15, 0.2) is 5.38 Å². The van der Waals surface area contributed by atoms with E-state index in [4.69, 9.17) is 10.8 Å². The first kappa shape index (κ1) is 10.1. The molecule has 0 aliphatic heterocycles. The Morgan fingerprint density at radius 2 is 2.31 bits per heavy atom. The molecule has 1 heterocycles. The van der Waals surface area contributed by atoms with Crippen LogP contribution in [0.4, 0.5) is 5.00 Å². The van der Waals surface area contributed by atoms with Crippen molar-refractivity contribution in [3.63, 3.8) is 0 Å². The van der Waals surface area contributed by atoms with Gasteiger partial charge in [-0.3, -0.25) is 0 Å². The lowest BCUT2D eigenvalue weighted by molar-refractivity contribution is 0.0697. The monoisotopic (exact) mass is 199 g/mol. The van der Waals surface area contributed by atoms with E-state index < -0.39 is 5.97 Å². The van der Waals surface area contributed by atoms with E-state index in [1.165, 1.54) is 11.3 Å². The Kier molecular flexibility index (Phi) is 2.93. The van der Waals surface area contributed by atoms with Crippen molar-refractivity contribution in [3.8, 4) is 0 Å². The average molecular weight is 199 g/mol. The Balaban J connectivity index is 3.00. The molecular weight excluding hydrogens is 186 g/mol. The van der Waals surface area contributed by atoms with E-state index in [0.717, 1.165) is 12.0 Å². The van der Waals surface area contributed by atoms with Gasteiger partial charge < -0.3 is 10.8 Å². The largest absolute Gasteiger partial charge is 0.478 e. The lowest BCUT2D eigenvalue weighted by Crippen LogP contribution is -2.04. The van der Waals surface area contributed by atoms with Crippen molar-refractivity contribution in [1.29, 1.82) is 0 Å². The summed E-state index contributed by atoms with van der Waals surface area (Å²) in [4.78, 5) is 10.8. The maximum Gasteiger partial charge on any atom is 0.338 e. The molecule has 0 atom stereocenters. The molecule has 0 saturated carbocycles. The second-order valence-corrected chi connectivity index (χ2v) is 4.31. The minimum Gasteiger partial charge on any atom is -0.478 e. The van der Waals surface area contributed by atoms with Crippen LogP contribution in [0.2, 0.25) is 0 Å². The average Bonchev–Trinajstić information content (AvgIpc) is 2.30. The summed E-state index contributed by atoms with van der Waals surface area (Å²) in [6, 6.07) is 0. The van der Waals surface area contributed by atoms with E-state index in [2.05, 4.69) is 13.8 Å². The van der Waals surface area contributed by atoms with Gasteiger partial charge in [0.2, 0.25) is 0 Å². The van der Waals surface area contributed by atoms with Gasteiger partial charge in [0.25, 0.3) is 0 Å². The Labute approximate surface area is 81.2 Å². The van der Waals surface area contributed by atoms with Crippen molar-refractivity contribution in [2.24, 2.45) is 5.92 Å². The SMILES string of the molecule is CC(C)Cc1csc(N)c1C(=O)O. The van der Waals surface area contributed by atoms with Crippen LogP contribution in [0.5, 0.6) is 0 Å². The molecule has 0 fully saturated rings. The van der Waals surface area contributed by atoms with Gasteiger partial charge >= 0.3 is 5.97 Å². The fourth-order valence-electron chi connectivity index (χ4n) is 1.24. The van der Waals surface area contributed by atoms with Crippen molar-refractivity contribution < 1.29 is 9.90 Å². The van der Waals surface area contributed by atoms with Gasteiger partial charge in [0.1, 0.15) is 5.00 Å². The fourth-order valence-corrected chi connectivity index (χ4v) is 2.06. The number of carboxylic acids is 1. The molecule has 0 spiro atoms. The van der Waals surface area contributed by atoms with E-state index >= 15 is 0 Å². The highest BCUT2D eigenvalue weighted by molar-refractivity contribution is 7.14. The molecule has 0 aromatic carbocycles. The molecule has 0 aliphatic carbocycles. The number of rotatable bonds is 3. The molecule has 1 aromatic rings. The molecule has 0 radical (unpaired) electrons. The van der Waals surface area contributed by atoms with Gasteiger partial charge in [-0.1, -0.05) is 13.8 Å². The highest BCUT2D eigenvalue weighted by atomic mass is 32.1. The second-order valence-electron chi connectivity index (χ2n) is 3.40. The summed E-state index contributed by atoms with van der Waals surface area (Å²) in [6.07, 6.45) is 0.773. The van der Waals surface area contributed by atoms with Gasteiger partial charge in [0.05, 0.1) is 5.56 Å². The van der Waals surface area contributed by atoms with E-state index in [1.54, 1.807) is 0 Å². The van der Waals surface area contributed by atoms with E-state index in [0.29, 0.717) is 16.5 Å². The zero-order valence-corrected chi connectivity index (χ0v) is 8.52. The van der Waals surface area contributed by atoms with Crippen LogP contribution < -0.4 is 5.73 Å². The third-order valence-electron chi connectivity index (χ3n) is 1.74. The van der Waals surface area contributed by atoms with E-state index in [-0.39, 0.29) is 0 Å². The summed E-state index contributed by atoms with van der Waals surface area (Å²) in [5, 5.41) is 11.1. The van der Waals surface area contributed by atoms with Crippen molar-refractivity contribution in [2.75, 3.05) is 5.73 Å². The van der Waals surface area contributed by atoms with Crippen LogP contribution in [-0.2, 0) is 6.42 Å². The zero-order chi connectivity index (χ0) is 10.0. The minimum absolute atomic E-state index is 0.290. The number of nitrogen functional groups attached to an aromatic ring is 1. The Bertz CT molecular complexity index is 317. The van der Waals surface area contributed by atoms with Crippen LogP contribution >= 0.6 is 11.3 Å². The number of thiophene rings is 1. The molecule has 0 aliphatic rings. The summed E-state index contributed by atoms with van der Waals surface area (Å²) in [7, 11) is 0. The van der Waals surface area contributed by atoms with Crippen LogP contribution in [-0.4, -0.2) is 11.1 Å². The van der Waals surface area contributed by atoms with Crippen molar-refractivity contribution >= 4 is 22.3 Å². The van der Waals surface area contributed by atoms with Gasteiger partial charge in [-0.25, -0.2) is 4.79 Å². The molecule has 4 heteroatoms. The highest BCUT2D eigenvalue weighted by Gasteiger charge is 2.16. The van der Waals surface area contributed by atoms with Crippen LogP contribution in [0, 0.1) is 5.92 Å². The number of nitrogens with two attached hydrogens (primary N) is 1. The summed E-state index contributed by atoms with van der Waals surface area (Å²) in [5.41, 5.74) is 6.70. The van der Waals surface area contributed by atoms with E-state index in [1.807, 2.05) is 5.38 Å². The number of carboxylic acid groups (broad SMARTS) is 1. The Morgan fingerprint density at radius 1 is 1.69 bits per heavy atom. The molecule has 72 valence electrons. The molecular formula is C9H13NO2S. The lowest BCUT2D eigenvalue weighted by Gasteiger charge is -2.03. The quantitative estimate of drug-likeness (QED) is 0.784. The van der Waals surface area contributed by atoms with Gasteiger partial charge in [0, 0.05) is 0 Å². The fraction of sp³-hybridized carbons (Fsp3) is 0.444. The first-order valence-electron chi connectivity index (χ1n) is 4.11. The second kappa shape index (κ2) is 3.79. The maximum absolute atomic E-state index is 10.8. The summed E-state index contributed by atoms with van der Waals surface area (Å²) in [6.45, 7) is 4.11. The highest BCUT2D eigenvalue weighted by Crippen LogP contribution is 2.26. The number of anilines is 1. The molecule has 0 bridgehead atoms. The van der Waals surface area contributed by atoms with Crippen LogP contribution in [0.3, 0.4) is 0 Å².